The number of hydrogen-bond acceptors (Lipinski definition) is 6. The molecule has 1 amide bonds. The van der Waals surface area contributed by atoms with Crippen LogP contribution in [0, 0.1) is 0 Å². The Bertz CT molecular complexity index is 758. The molecule has 8 heteroatoms. The first kappa shape index (κ1) is 18.1. The summed E-state index contributed by atoms with van der Waals surface area (Å²) in [6.45, 7) is 4.02. The zero-order valence-corrected chi connectivity index (χ0v) is 15.3. The summed E-state index contributed by atoms with van der Waals surface area (Å²) < 4.78 is 7.40. The topological polar surface area (TPSA) is 83.7 Å². The van der Waals surface area contributed by atoms with Crippen LogP contribution < -0.4 is 0 Å². The average molecular weight is 371 g/mol. The molecule has 144 valence electrons. The van der Waals surface area contributed by atoms with Crippen LogP contribution in [-0.2, 0) is 4.74 Å². The number of aromatic nitrogens is 3. The molecule has 1 aromatic carbocycles. The van der Waals surface area contributed by atoms with Gasteiger partial charge < -0.3 is 19.6 Å². The Labute approximate surface area is 158 Å². The summed E-state index contributed by atoms with van der Waals surface area (Å²) in [6, 6.07) is 7.31. The Morgan fingerprint density at radius 3 is 2.52 bits per heavy atom. The Morgan fingerprint density at radius 1 is 1.11 bits per heavy atom. The molecule has 8 nitrogen and oxygen atoms in total. The summed E-state index contributed by atoms with van der Waals surface area (Å²) in [5.74, 6) is -0.0874. The van der Waals surface area contributed by atoms with Gasteiger partial charge in [0, 0.05) is 24.3 Å². The van der Waals surface area contributed by atoms with Gasteiger partial charge in [0.05, 0.1) is 19.8 Å². The third kappa shape index (κ3) is 4.18. The molecule has 3 heterocycles. The van der Waals surface area contributed by atoms with E-state index in [0.29, 0.717) is 25.3 Å². The van der Waals surface area contributed by atoms with E-state index < -0.39 is 5.60 Å². The van der Waals surface area contributed by atoms with E-state index in [4.69, 9.17) is 4.74 Å². The highest BCUT2D eigenvalue weighted by molar-refractivity contribution is 5.94. The number of benzene rings is 1. The van der Waals surface area contributed by atoms with Crippen LogP contribution in [0.4, 0.5) is 0 Å². The van der Waals surface area contributed by atoms with Crippen molar-refractivity contribution in [2.24, 2.45) is 0 Å². The summed E-state index contributed by atoms with van der Waals surface area (Å²) in [4.78, 5) is 16.9. The van der Waals surface area contributed by atoms with E-state index in [1.54, 1.807) is 34.3 Å². The second kappa shape index (κ2) is 7.75. The first-order chi connectivity index (χ1) is 13.1. The Morgan fingerprint density at radius 2 is 1.81 bits per heavy atom. The normalized spacial score (nSPS) is 24.1. The van der Waals surface area contributed by atoms with Gasteiger partial charge in [0.25, 0.3) is 5.91 Å². The van der Waals surface area contributed by atoms with Gasteiger partial charge in [-0.2, -0.15) is 0 Å². The highest BCUT2D eigenvalue weighted by Crippen LogP contribution is 2.20. The third-order valence-electron chi connectivity index (χ3n) is 5.20. The van der Waals surface area contributed by atoms with Crippen molar-refractivity contribution < 1.29 is 14.6 Å². The number of carbonyl (C=O) groups is 1. The summed E-state index contributed by atoms with van der Waals surface area (Å²) in [6.07, 6.45) is 5.56. The Kier molecular flexibility index (Phi) is 5.20. The van der Waals surface area contributed by atoms with Crippen LogP contribution in [0.1, 0.15) is 23.2 Å². The van der Waals surface area contributed by atoms with Crippen molar-refractivity contribution in [3.8, 4) is 5.69 Å². The summed E-state index contributed by atoms with van der Waals surface area (Å²) in [5, 5.41) is 18.6. The van der Waals surface area contributed by atoms with Crippen molar-refractivity contribution in [2.45, 2.75) is 18.4 Å². The molecule has 0 saturated carbocycles. The molecule has 0 spiro atoms. The average Bonchev–Trinajstić information content (AvgIpc) is 3.35. The van der Waals surface area contributed by atoms with Gasteiger partial charge in [-0.05, 0) is 50.2 Å². The molecule has 1 N–H and O–H groups in total. The van der Waals surface area contributed by atoms with Crippen LogP contribution in [0.25, 0.3) is 5.69 Å². The van der Waals surface area contributed by atoms with Crippen LogP contribution in [-0.4, -0.2) is 87.1 Å². The van der Waals surface area contributed by atoms with Gasteiger partial charge in [-0.15, -0.1) is 10.2 Å². The van der Waals surface area contributed by atoms with E-state index in [2.05, 4.69) is 15.1 Å². The van der Waals surface area contributed by atoms with Gasteiger partial charge >= 0.3 is 0 Å². The van der Waals surface area contributed by atoms with Crippen LogP contribution in [0.2, 0.25) is 0 Å². The standard InChI is InChI=1S/C19H25N5O3/c25-18(16-3-5-17(6-4-16)24-14-20-21-15-24)23-9-10-27-13-19(26,12-23)11-22-7-1-2-8-22/h3-6,14-15,26H,1-2,7-13H2/t19-/m1/s1. The van der Waals surface area contributed by atoms with E-state index in [0.717, 1.165) is 18.8 Å². The van der Waals surface area contributed by atoms with Gasteiger partial charge in [0.2, 0.25) is 0 Å². The molecule has 4 rings (SSSR count). The number of aliphatic hydroxyl groups is 1. The third-order valence-corrected chi connectivity index (χ3v) is 5.20. The maximum atomic E-state index is 13.0. The summed E-state index contributed by atoms with van der Waals surface area (Å²) in [7, 11) is 0. The fourth-order valence-corrected chi connectivity index (χ4v) is 3.84. The van der Waals surface area contributed by atoms with E-state index in [1.165, 1.54) is 12.8 Å². The van der Waals surface area contributed by atoms with Gasteiger partial charge in [-0.25, -0.2) is 0 Å². The van der Waals surface area contributed by atoms with Crippen molar-refractivity contribution in [3.05, 3.63) is 42.5 Å². The lowest BCUT2D eigenvalue weighted by Crippen LogP contribution is -2.53. The first-order valence-corrected chi connectivity index (χ1v) is 9.40. The molecular formula is C19H25N5O3. The second-order valence-electron chi connectivity index (χ2n) is 7.40. The molecule has 0 unspecified atom stereocenters. The number of hydrogen-bond donors (Lipinski definition) is 1. The van der Waals surface area contributed by atoms with Crippen molar-refractivity contribution in [1.82, 2.24) is 24.6 Å². The molecular weight excluding hydrogens is 346 g/mol. The molecule has 2 fully saturated rings. The first-order valence-electron chi connectivity index (χ1n) is 9.40. The van der Waals surface area contributed by atoms with Gasteiger partial charge in [-0.3, -0.25) is 9.36 Å². The summed E-state index contributed by atoms with van der Waals surface area (Å²) >= 11 is 0. The predicted octanol–water partition coefficient (Wildman–Crippen LogP) is 0.567. The van der Waals surface area contributed by atoms with E-state index >= 15 is 0 Å². The number of rotatable bonds is 4. The van der Waals surface area contributed by atoms with Crippen LogP contribution in [0.15, 0.2) is 36.9 Å². The van der Waals surface area contributed by atoms with Gasteiger partial charge in [0.15, 0.2) is 0 Å². The number of nitrogens with zero attached hydrogens (tertiary/aromatic N) is 5. The fourth-order valence-electron chi connectivity index (χ4n) is 3.84. The molecule has 1 aromatic heterocycles. The molecule has 2 aromatic rings. The molecule has 2 aliphatic rings. The molecule has 2 saturated heterocycles. The van der Waals surface area contributed by atoms with Crippen LogP contribution in [0.3, 0.4) is 0 Å². The van der Waals surface area contributed by atoms with E-state index in [1.807, 2.05) is 12.1 Å². The van der Waals surface area contributed by atoms with E-state index in [-0.39, 0.29) is 19.1 Å². The quantitative estimate of drug-likeness (QED) is 0.846. The van der Waals surface area contributed by atoms with Gasteiger partial charge in [0.1, 0.15) is 18.3 Å². The minimum Gasteiger partial charge on any atom is -0.384 e. The fraction of sp³-hybridized carbons (Fsp3) is 0.526. The number of ether oxygens (including phenoxy) is 1. The number of carbonyl (C=O) groups excluding carboxylic acids is 1. The predicted molar refractivity (Wildman–Crippen MR) is 98.7 cm³/mol. The lowest BCUT2D eigenvalue weighted by Gasteiger charge is -2.34. The second-order valence-corrected chi connectivity index (χ2v) is 7.40. The molecule has 0 bridgehead atoms. The number of likely N-dealkylation sites (tertiary alicyclic amines) is 1. The maximum absolute atomic E-state index is 13.0. The van der Waals surface area contributed by atoms with Crippen molar-refractivity contribution >= 4 is 5.91 Å². The minimum atomic E-state index is -1.03. The largest absolute Gasteiger partial charge is 0.384 e. The molecule has 2 aliphatic heterocycles. The molecule has 0 aliphatic carbocycles. The zero-order chi connectivity index (χ0) is 18.7. The highest BCUT2D eigenvalue weighted by atomic mass is 16.5. The number of β-amino-alcohol motifs (C(OH)–C–C–N with tert-alkyl or cyclic N) is 1. The van der Waals surface area contributed by atoms with Crippen molar-refractivity contribution in [1.29, 1.82) is 0 Å². The summed E-state index contributed by atoms with van der Waals surface area (Å²) in [5.41, 5.74) is 0.456. The Hall–Kier alpha value is -2.29. The van der Waals surface area contributed by atoms with Crippen LogP contribution >= 0.6 is 0 Å². The van der Waals surface area contributed by atoms with Crippen molar-refractivity contribution in [2.75, 3.05) is 45.9 Å². The Balaban J connectivity index is 1.46. The highest BCUT2D eigenvalue weighted by Gasteiger charge is 2.36. The van der Waals surface area contributed by atoms with Gasteiger partial charge in [-0.1, -0.05) is 0 Å². The van der Waals surface area contributed by atoms with Crippen LogP contribution in [0.5, 0.6) is 0 Å². The monoisotopic (exact) mass is 371 g/mol. The number of amides is 1. The lowest BCUT2D eigenvalue weighted by atomic mass is 10.0. The molecule has 27 heavy (non-hydrogen) atoms. The van der Waals surface area contributed by atoms with Crippen molar-refractivity contribution in [3.63, 3.8) is 0 Å². The van der Waals surface area contributed by atoms with E-state index in [9.17, 15) is 9.90 Å². The SMILES string of the molecule is O=C(c1ccc(-n2cnnc2)cc1)N1CCOC[C@@](O)(CN2CCCC2)C1. The lowest BCUT2D eigenvalue weighted by molar-refractivity contribution is -0.0524. The minimum absolute atomic E-state index is 0.0874. The smallest absolute Gasteiger partial charge is 0.254 e. The molecule has 1 atom stereocenters. The maximum Gasteiger partial charge on any atom is 0.254 e. The molecule has 0 radical (unpaired) electrons. The zero-order valence-electron chi connectivity index (χ0n) is 15.3.